The molecular formula is C15H22ClN. The summed E-state index contributed by atoms with van der Waals surface area (Å²) in [7, 11) is 0. The maximum atomic E-state index is 6.32. The van der Waals surface area contributed by atoms with Gasteiger partial charge in [0.2, 0.25) is 0 Å². The van der Waals surface area contributed by atoms with Crippen molar-refractivity contribution in [1.29, 1.82) is 0 Å². The van der Waals surface area contributed by atoms with Gasteiger partial charge in [0.05, 0.1) is 10.7 Å². The van der Waals surface area contributed by atoms with E-state index in [2.05, 4.69) is 44.3 Å². The molecule has 3 atom stereocenters. The van der Waals surface area contributed by atoms with Gasteiger partial charge in [-0.25, -0.2) is 0 Å². The smallest absolute Gasteiger partial charge is 0.0666 e. The largest absolute Gasteiger partial charge is 0.381 e. The van der Waals surface area contributed by atoms with Crippen LogP contribution in [0.2, 0.25) is 5.02 Å². The van der Waals surface area contributed by atoms with E-state index in [4.69, 9.17) is 11.6 Å². The lowest BCUT2D eigenvalue weighted by Crippen LogP contribution is -2.30. The zero-order valence-electron chi connectivity index (χ0n) is 11.0. The average molecular weight is 252 g/mol. The molecule has 0 aromatic heterocycles. The molecule has 0 saturated heterocycles. The summed E-state index contributed by atoms with van der Waals surface area (Å²) in [4.78, 5) is 0. The molecular weight excluding hydrogens is 230 g/mol. The lowest BCUT2D eigenvalue weighted by atomic mass is 9.79. The first-order chi connectivity index (χ1) is 8.08. The Morgan fingerprint density at radius 3 is 2.65 bits per heavy atom. The SMILES string of the molecule is Cc1cccc(NC2CCC(C)C(C)C2)c1Cl. The molecule has 1 aliphatic rings. The van der Waals surface area contributed by atoms with Gasteiger partial charge in [-0.1, -0.05) is 37.6 Å². The quantitative estimate of drug-likeness (QED) is 0.790. The van der Waals surface area contributed by atoms with E-state index in [1.165, 1.54) is 19.3 Å². The summed E-state index contributed by atoms with van der Waals surface area (Å²) in [6.07, 6.45) is 3.84. The van der Waals surface area contributed by atoms with E-state index in [1.54, 1.807) is 0 Å². The average Bonchev–Trinajstić information content (AvgIpc) is 2.30. The summed E-state index contributed by atoms with van der Waals surface area (Å²) in [6, 6.07) is 6.79. The summed E-state index contributed by atoms with van der Waals surface area (Å²) >= 11 is 6.32. The van der Waals surface area contributed by atoms with Crippen LogP contribution in [-0.4, -0.2) is 6.04 Å². The second kappa shape index (κ2) is 5.30. The molecule has 1 fully saturated rings. The van der Waals surface area contributed by atoms with Crippen LogP contribution in [0, 0.1) is 18.8 Å². The minimum absolute atomic E-state index is 0.584. The van der Waals surface area contributed by atoms with Gasteiger partial charge < -0.3 is 5.32 Å². The number of rotatable bonds is 2. The monoisotopic (exact) mass is 251 g/mol. The zero-order chi connectivity index (χ0) is 12.4. The maximum absolute atomic E-state index is 6.32. The highest BCUT2D eigenvalue weighted by Gasteiger charge is 2.24. The second-order valence-corrected chi connectivity index (χ2v) is 5.92. The molecule has 1 nitrogen and oxygen atoms in total. The van der Waals surface area contributed by atoms with Gasteiger partial charge >= 0.3 is 0 Å². The summed E-state index contributed by atoms with van der Waals surface area (Å²) in [6.45, 7) is 6.77. The van der Waals surface area contributed by atoms with Crippen molar-refractivity contribution in [2.45, 2.75) is 46.1 Å². The number of halogens is 1. The Labute approximate surface area is 110 Å². The van der Waals surface area contributed by atoms with Crippen LogP contribution in [0.5, 0.6) is 0 Å². The van der Waals surface area contributed by atoms with E-state index in [-0.39, 0.29) is 0 Å². The van der Waals surface area contributed by atoms with E-state index in [1.807, 2.05) is 0 Å². The Balaban J connectivity index is 2.04. The van der Waals surface area contributed by atoms with Crippen LogP contribution in [0.1, 0.15) is 38.7 Å². The van der Waals surface area contributed by atoms with Crippen LogP contribution in [-0.2, 0) is 0 Å². The summed E-state index contributed by atoms with van der Waals surface area (Å²) in [5, 5.41) is 4.48. The molecule has 0 bridgehead atoms. The number of hydrogen-bond donors (Lipinski definition) is 1. The first kappa shape index (κ1) is 12.8. The van der Waals surface area contributed by atoms with E-state index >= 15 is 0 Å². The van der Waals surface area contributed by atoms with E-state index < -0.39 is 0 Å². The van der Waals surface area contributed by atoms with Crippen molar-refractivity contribution < 1.29 is 0 Å². The van der Waals surface area contributed by atoms with Gasteiger partial charge in [0, 0.05) is 6.04 Å². The van der Waals surface area contributed by atoms with Crippen LogP contribution in [0.3, 0.4) is 0 Å². The molecule has 2 rings (SSSR count). The molecule has 0 heterocycles. The van der Waals surface area contributed by atoms with Gasteiger partial charge in [0.15, 0.2) is 0 Å². The van der Waals surface area contributed by atoms with Crippen LogP contribution in [0.4, 0.5) is 5.69 Å². The number of anilines is 1. The van der Waals surface area contributed by atoms with Crippen molar-refractivity contribution >= 4 is 17.3 Å². The Morgan fingerprint density at radius 1 is 1.18 bits per heavy atom. The molecule has 0 aliphatic heterocycles. The van der Waals surface area contributed by atoms with Gasteiger partial charge in [0.1, 0.15) is 0 Å². The predicted molar refractivity (Wildman–Crippen MR) is 75.8 cm³/mol. The lowest BCUT2D eigenvalue weighted by Gasteiger charge is -2.33. The third kappa shape index (κ3) is 2.95. The van der Waals surface area contributed by atoms with Gasteiger partial charge in [-0.05, 0) is 49.7 Å². The van der Waals surface area contributed by atoms with Crippen LogP contribution in [0.25, 0.3) is 0 Å². The summed E-state index contributed by atoms with van der Waals surface area (Å²) in [5.41, 5.74) is 2.24. The van der Waals surface area contributed by atoms with Crippen molar-refractivity contribution in [3.63, 3.8) is 0 Å². The molecule has 1 aromatic rings. The van der Waals surface area contributed by atoms with Gasteiger partial charge in [-0.2, -0.15) is 0 Å². The third-order valence-corrected chi connectivity index (χ3v) is 4.65. The molecule has 1 N–H and O–H groups in total. The Morgan fingerprint density at radius 2 is 1.94 bits per heavy atom. The Bertz CT molecular complexity index is 389. The topological polar surface area (TPSA) is 12.0 Å². The molecule has 1 aromatic carbocycles. The molecule has 17 heavy (non-hydrogen) atoms. The minimum Gasteiger partial charge on any atom is -0.381 e. The highest BCUT2D eigenvalue weighted by molar-refractivity contribution is 6.34. The van der Waals surface area contributed by atoms with Gasteiger partial charge in [-0.15, -0.1) is 0 Å². The summed E-state index contributed by atoms with van der Waals surface area (Å²) < 4.78 is 0. The molecule has 0 radical (unpaired) electrons. The molecule has 0 amide bonds. The second-order valence-electron chi connectivity index (χ2n) is 5.55. The van der Waals surface area contributed by atoms with Crippen molar-refractivity contribution in [1.82, 2.24) is 0 Å². The number of aryl methyl sites for hydroxylation is 1. The normalized spacial score (nSPS) is 29.1. The van der Waals surface area contributed by atoms with Crippen molar-refractivity contribution in [3.8, 4) is 0 Å². The van der Waals surface area contributed by atoms with E-state index in [0.717, 1.165) is 28.1 Å². The Kier molecular flexibility index (Phi) is 3.98. The Hall–Kier alpha value is -0.690. The highest BCUT2D eigenvalue weighted by atomic mass is 35.5. The maximum Gasteiger partial charge on any atom is 0.0666 e. The summed E-state index contributed by atoms with van der Waals surface area (Å²) in [5.74, 6) is 1.67. The van der Waals surface area contributed by atoms with E-state index in [0.29, 0.717) is 6.04 Å². The molecule has 94 valence electrons. The van der Waals surface area contributed by atoms with Crippen molar-refractivity contribution in [2.75, 3.05) is 5.32 Å². The molecule has 0 spiro atoms. The molecule has 1 aliphatic carbocycles. The lowest BCUT2D eigenvalue weighted by molar-refractivity contribution is 0.261. The fourth-order valence-corrected chi connectivity index (χ4v) is 2.84. The minimum atomic E-state index is 0.584. The molecule has 1 saturated carbocycles. The van der Waals surface area contributed by atoms with Crippen LogP contribution >= 0.6 is 11.6 Å². The third-order valence-electron chi connectivity index (χ3n) is 4.15. The van der Waals surface area contributed by atoms with E-state index in [9.17, 15) is 0 Å². The number of benzene rings is 1. The van der Waals surface area contributed by atoms with Gasteiger partial charge in [0.25, 0.3) is 0 Å². The first-order valence-corrected chi connectivity index (χ1v) is 6.97. The predicted octanol–water partition coefficient (Wildman–Crippen LogP) is 4.89. The number of hydrogen-bond acceptors (Lipinski definition) is 1. The molecule has 2 heteroatoms. The molecule has 3 unspecified atom stereocenters. The van der Waals surface area contributed by atoms with Crippen molar-refractivity contribution in [2.24, 2.45) is 11.8 Å². The standard InChI is InChI=1S/C15H22ClN/c1-10-7-8-13(9-12(10)3)17-14-6-4-5-11(2)15(14)16/h4-6,10,12-13,17H,7-9H2,1-3H3. The fraction of sp³-hybridized carbons (Fsp3) is 0.600. The highest BCUT2D eigenvalue weighted by Crippen LogP contribution is 2.33. The van der Waals surface area contributed by atoms with Crippen LogP contribution < -0.4 is 5.32 Å². The first-order valence-electron chi connectivity index (χ1n) is 6.59. The van der Waals surface area contributed by atoms with Gasteiger partial charge in [-0.3, -0.25) is 0 Å². The zero-order valence-corrected chi connectivity index (χ0v) is 11.7. The van der Waals surface area contributed by atoms with Crippen molar-refractivity contribution in [3.05, 3.63) is 28.8 Å². The fourth-order valence-electron chi connectivity index (χ4n) is 2.66. The number of nitrogens with one attached hydrogen (secondary N) is 1. The van der Waals surface area contributed by atoms with Crippen LogP contribution in [0.15, 0.2) is 18.2 Å².